The molecule has 0 atom stereocenters. The molecule has 0 fully saturated rings. The SMILES string of the molecule is CN(c1ccc(F)cc1)S(=O)(=O)c1ccc(CO)s1. The zero-order valence-electron chi connectivity index (χ0n) is 10.1. The lowest BCUT2D eigenvalue weighted by atomic mass is 10.3. The van der Waals surface area contributed by atoms with Crippen molar-refractivity contribution in [2.45, 2.75) is 10.8 Å². The minimum Gasteiger partial charge on any atom is -0.391 e. The van der Waals surface area contributed by atoms with Gasteiger partial charge in [0.1, 0.15) is 10.0 Å². The molecule has 0 aliphatic rings. The van der Waals surface area contributed by atoms with Crippen LogP contribution in [0.25, 0.3) is 0 Å². The van der Waals surface area contributed by atoms with Gasteiger partial charge < -0.3 is 5.11 Å². The van der Waals surface area contributed by atoms with Crippen LogP contribution in [0.2, 0.25) is 0 Å². The highest BCUT2D eigenvalue weighted by Gasteiger charge is 2.23. The molecule has 0 saturated heterocycles. The fourth-order valence-corrected chi connectivity index (χ4v) is 4.09. The van der Waals surface area contributed by atoms with E-state index in [-0.39, 0.29) is 10.8 Å². The Bertz CT molecular complexity index is 665. The van der Waals surface area contributed by atoms with Gasteiger partial charge in [-0.3, -0.25) is 4.31 Å². The molecular formula is C12H12FNO3S2. The molecule has 102 valence electrons. The van der Waals surface area contributed by atoms with Gasteiger partial charge in [-0.2, -0.15) is 0 Å². The molecule has 2 rings (SSSR count). The number of hydrogen-bond donors (Lipinski definition) is 1. The normalized spacial score (nSPS) is 11.5. The van der Waals surface area contributed by atoms with Gasteiger partial charge in [-0.25, -0.2) is 12.8 Å². The largest absolute Gasteiger partial charge is 0.391 e. The van der Waals surface area contributed by atoms with Crippen LogP contribution in [-0.4, -0.2) is 20.6 Å². The predicted octanol–water partition coefficient (Wildman–Crippen LogP) is 2.20. The average Bonchev–Trinajstić information content (AvgIpc) is 2.88. The summed E-state index contributed by atoms with van der Waals surface area (Å²) in [7, 11) is -2.27. The molecule has 0 aliphatic heterocycles. The minimum atomic E-state index is -3.68. The molecule has 1 aromatic carbocycles. The summed E-state index contributed by atoms with van der Waals surface area (Å²) in [6.45, 7) is -0.194. The zero-order valence-corrected chi connectivity index (χ0v) is 11.7. The van der Waals surface area contributed by atoms with Crippen molar-refractivity contribution in [3.8, 4) is 0 Å². The first-order valence-electron chi connectivity index (χ1n) is 5.39. The monoisotopic (exact) mass is 301 g/mol. The summed E-state index contributed by atoms with van der Waals surface area (Å²) in [5.74, 6) is -0.423. The summed E-state index contributed by atoms with van der Waals surface area (Å²) in [5.41, 5.74) is 0.375. The van der Waals surface area contributed by atoms with Gasteiger partial charge in [0, 0.05) is 11.9 Å². The number of sulfonamides is 1. The molecule has 7 heteroatoms. The number of halogens is 1. The number of anilines is 1. The number of benzene rings is 1. The van der Waals surface area contributed by atoms with Gasteiger partial charge in [-0.05, 0) is 36.4 Å². The Hall–Kier alpha value is -1.44. The topological polar surface area (TPSA) is 57.6 Å². The Morgan fingerprint density at radius 2 is 1.84 bits per heavy atom. The van der Waals surface area contributed by atoms with Crippen LogP contribution >= 0.6 is 11.3 Å². The van der Waals surface area contributed by atoms with Crippen LogP contribution in [0.1, 0.15) is 4.88 Å². The Kier molecular flexibility index (Phi) is 3.88. The number of nitrogens with zero attached hydrogens (tertiary/aromatic N) is 1. The van der Waals surface area contributed by atoms with E-state index in [9.17, 15) is 12.8 Å². The molecule has 0 spiro atoms. The van der Waals surface area contributed by atoms with Crippen LogP contribution < -0.4 is 4.31 Å². The Morgan fingerprint density at radius 1 is 1.21 bits per heavy atom. The number of rotatable bonds is 4. The van der Waals surface area contributed by atoms with Gasteiger partial charge in [0.25, 0.3) is 10.0 Å². The van der Waals surface area contributed by atoms with Crippen molar-refractivity contribution in [3.63, 3.8) is 0 Å². The molecule has 0 radical (unpaired) electrons. The summed E-state index contributed by atoms with van der Waals surface area (Å²) >= 11 is 1.01. The van der Waals surface area contributed by atoms with E-state index in [1.54, 1.807) is 6.07 Å². The summed E-state index contributed by atoms with van der Waals surface area (Å²) in [4.78, 5) is 0.575. The van der Waals surface area contributed by atoms with E-state index < -0.39 is 15.8 Å². The third-order valence-corrected chi connectivity index (χ3v) is 5.92. The van der Waals surface area contributed by atoms with Crippen LogP contribution in [0.15, 0.2) is 40.6 Å². The van der Waals surface area contributed by atoms with Crippen LogP contribution in [0, 0.1) is 5.82 Å². The van der Waals surface area contributed by atoms with Crippen LogP contribution in [0.3, 0.4) is 0 Å². The van der Waals surface area contributed by atoms with Crippen LogP contribution in [0.4, 0.5) is 10.1 Å². The van der Waals surface area contributed by atoms with Crippen molar-refractivity contribution in [2.24, 2.45) is 0 Å². The molecule has 4 nitrogen and oxygen atoms in total. The zero-order chi connectivity index (χ0) is 14.0. The van der Waals surface area contributed by atoms with Gasteiger partial charge in [-0.1, -0.05) is 0 Å². The Balaban J connectivity index is 2.36. The molecule has 0 saturated carbocycles. The van der Waals surface area contributed by atoms with Crippen LogP contribution in [-0.2, 0) is 16.6 Å². The number of aliphatic hydroxyl groups is 1. The van der Waals surface area contributed by atoms with Gasteiger partial charge in [0.2, 0.25) is 0 Å². The molecule has 0 aliphatic carbocycles. The van der Waals surface area contributed by atoms with E-state index in [4.69, 9.17) is 5.11 Å². The second-order valence-electron chi connectivity index (χ2n) is 3.83. The maximum Gasteiger partial charge on any atom is 0.273 e. The van der Waals surface area contributed by atoms with E-state index in [0.717, 1.165) is 15.6 Å². The Labute approximate surface area is 114 Å². The molecule has 1 aromatic heterocycles. The Morgan fingerprint density at radius 3 is 2.37 bits per heavy atom. The lowest BCUT2D eigenvalue weighted by molar-refractivity contribution is 0.285. The summed E-state index contributed by atoms with van der Waals surface area (Å²) < 4.78 is 38.7. The van der Waals surface area contributed by atoms with Gasteiger partial charge >= 0.3 is 0 Å². The molecule has 1 heterocycles. The minimum absolute atomic E-state index is 0.142. The first-order valence-corrected chi connectivity index (χ1v) is 7.65. The average molecular weight is 301 g/mol. The fourth-order valence-electron chi connectivity index (χ4n) is 1.51. The number of hydrogen-bond acceptors (Lipinski definition) is 4. The van der Waals surface area contributed by atoms with E-state index in [0.29, 0.717) is 10.6 Å². The van der Waals surface area contributed by atoms with Crippen molar-refractivity contribution in [2.75, 3.05) is 11.4 Å². The molecule has 1 N–H and O–H groups in total. The third-order valence-electron chi connectivity index (χ3n) is 2.60. The second kappa shape index (κ2) is 5.28. The van der Waals surface area contributed by atoms with E-state index >= 15 is 0 Å². The molecule has 0 unspecified atom stereocenters. The highest BCUT2D eigenvalue weighted by molar-refractivity contribution is 7.94. The van der Waals surface area contributed by atoms with E-state index in [1.807, 2.05) is 0 Å². The summed E-state index contributed by atoms with van der Waals surface area (Å²) in [6.07, 6.45) is 0. The van der Waals surface area contributed by atoms with Crippen molar-refractivity contribution >= 4 is 27.0 Å². The van der Waals surface area contributed by atoms with Gasteiger partial charge in [0.15, 0.2) is 0 Å². The molecule has 2 aromatic rings. The quantitative estimate of drug-likeness (QED) is 0.942. The maximum absolute atomic E-state index is 12.8. The van der Waals surface area contributed by atoms with E-state index in [2.05, 4.69) is 0 Å². The maximum atomic E-state index is 12.8. The molecule has 0 bridgehead atoms. The standard InChI is InChI=1S/C12H12FNO3S2/c1-14(10-4-2-9(13)3-5-10)19(16,17)12-7-6-11(8-15)18-12/h2-7,15H,8H2,1H3. The fraction of sp³-hybridized carbons (Fsp3) is 0.167. The molecule has 19 heavy (non-hydrogen) atoms. The van der Waals surface area contributed by atoms with Crippen molar-refractivity contribution < 1.29 is 17.9 Å². The highest BCUT2D eigenvalue weighted by Crippen LogP contribution is 2.27. The van der Waals surface area contributed by atoms with Crippen molar-refractivity contribution in [1.82, 2.24) is 0 Å². The smallest absolute Gasteiger partial charge is 0.273 e. The van der Waals surface area contributed by atoms with Crippen molar-refractivity contribution in [1.29, 1.82) is 0 Å². The number of thiophene rings is 1. The lowest BCUT2D eigenvalue weighted by Gasteiger charge is -2.18. The number of aliphatic hydroxyl groups excluding tert-OH is 1. The first-order chi connectivity index (χ1) is 8.95. The lowest BCUT2D eigenvalue weighted by Crippen LogP contribution is -2.25. The van der Waals surface area contributed by atoms with Crippen molar-refractivity contribution in [3.05, 3.63) is 47.1 Å². The molecule has 0 amide bonds. The van der Waals surface area contributed by atoms with Crippen LogP contribution in [0.5, 0.6) is 0 Å². The van der Waals surface area contributed by atoms with Gasteiger partial charge in [0.05, 0.1) is 12.3 Å². The predicted molar refractivity (Wildman–Crippen MR) is 72.2 cm³/mol. The molecular weight excluding hydrogens is 289 g/mol. The third kappa shape index (κ3) is 2.78. The summed E-state index contributed by atoms with van der Waals surface area (Å²) in [6, 6.07) is 8.21. The first kappa shape index (κ1) is 14.0. The van der Waals surface area contributed by atoms with Gasteiger partial charge in [-0.15, -0.1) is 11.3 Å². The van der Waals surface area contributed by atoms with E-state index in [1.165, 1.54) is 37.4 Å². The second-order valence-corrected chi connectivity index (χ2v) is 7.19. The summed E-state index contributed by atoms with van der Waals surface area (Å²) in [5, 5.41) is 8.96. The highest BCUT2D eigenvalue weighted by atomic mass is 32.2.